The maximum absolute atomic E-state index is 10.3. The molecule has 0 unspecified atom stereocenters. The van der Waals surface area contributed by atoms with Crippen molar-refractivity contribution in [2.75, 3.05) is 19.7 Å². The van der Waals surface area contributed by atoms with Gasteiger partial charge in [0.15, 0.2) is 0 Å². The van der Waals surface area contributed by atoms with Crippen LogP contribution in [-0.2, 0) is 16.8 Å². The number of aliphatic hydroxyl groups excluding tert-OH is 1. The summed E-state index contributed by atoms with van der Waals surface area (Å²) in [5.74, 6) is 1.02. The summed E-state index contributed by atoms with van der Waals surface area (Å²) in [6, 6.07) is 0. The molecule has 1 N–H and O–H groups in total. The van der Waals surface area contributed by atoms with E-state index in [1.807, 2.05) is 11.6 Å². The minimum absolute atomic E-state index is 0.00971. The Morgan fingerprint density at radius 1 is 1.35 bits per heavy atom. The predicted molar refractivity (Wildman–Crippen MR) is 88.0 cm³/mol. The molecule has 0 aromatic carbocycles. The zero-order valence-corrected chi connectivity index (χ0v) is 14.8. The van der Waals surface area contributed by atoms with E-state index in [1.54, 1.807) is 6.33 Å². The van der Waals surface area contributed by atoms with Crippen LogP contribution in [-0.4, -0.2) is 56.7 Å². The second-order valence-electron chi connectivity index (χ2n) is 7.96. The fourth-order valence-electron chi connectivity index (χ4n) is 4.08. The molecule has 2 fully saturated rings. The van der Waals surface area contributed by atoms with Crippen molar-refractivity contribution in [3.05, 3.63) is 12.2 Å². The van der Waals surface area contributed by atoms with E-state index in [1.165, 1.54) is 0 Å². The van der Waals surface area contributed by atoms with E-state index in [9.17, 15) is 5.11 Å². The molecule has 6 nitrogen and oxygen atoms in total. The van der Waals surface area contributed by atoms with Crippen LogP contribution in [0.25, 0.3) is 0 Å². The Hall–Kier alpha value is -0.980. The highest BCUT2D eigenvalue weighted by atomic mass is 16.5. The number of aromatic nitrogens is 3. The van der Waals surface area contributed by atoms with Crippen LogP contribution in [0.5, 0.6) is 0 Å². The van der Waals surface area contributed by atoms with E-state index >= 15 is 0 Å². The molecule has 130 valence electrons. The molecular weight excluding hydrogens is 292 g/mol. The van der Waals surface area contributed by atoms with Gasteiger partial charge in [-0.15, -0.1) is 0 Å². The highest BCUT2D eigenvalue weighted by Crippen LogP contribution is 2.51. The zero-order chi connectivity index (χ0) is 16.7. The number of nitrogens with zero attached hydrogens (tertiary/aromatic N) is 4. The summed E-state index contributed by atoms with van der Waals surface area (Å²) in [4.78, 5) is 6.86. The van der Waals surface area contributed by atoms with E-state index in [2.05, 4.69) is 35.8 Å². The first-order valence-electron chi connectivity index (χ1n) is 8.78. The van der Waals surface area contributed by atoms with Crippen LogP contribution in [0, 0.1) is 5.41 Å². The Labute approximate surface area is 138 Å². The lowest BCUT2D eigenvalue weighted by atomic mass is 9.58. The fraction of sp³-hybridized carbons (Fsp3) is 0.882. The van der Waals surface area contributed by atoms with E-state index in [4.69, 9.17) is 4.74 Å². The summed E-state index contributed by atoms with van der Waals surface area (Å²) in [6.07, 6.45) is 4.49. The van der Waals surface area contributed by atoms with E-state index < -0.39 is 0 Å². The highest BCUT2D eigenvalue weighted by Gasteiger charge is 2.55. The molecule has 1 aromatic heterocycles. The van der Waals surface area contributed by atoms with Crippen LogP contribution >= 0.6 is 0 Å². The van der Waals surface area contributed by atoms with Gasteiger partial charge in [0.2, 0.25) is 0 Å². The first kappa shape index (κ1) is 16.9. The Morgan fingerprint density at radius 2 is 2.04 bits per heavy atom. The summed E-state index contributed by atoms with van der Waals surface area (Å²) >= 11 is 0. The molecule has 0 radical (unpaired) electrons. The number of rotatable bonds is 4. The summed E-state index contributed by atoms with van der Waals surface area (Å²) in [5.41, 5.74) is -0.0583. The number of ether oxygens (including phenoxy) is 1. The molecule has 3 rings (SSSR count). The minimum Gasteiger partial charge on any atom is -0.392 e. The van der Waals surface area contributed by atoms with Gasteiger partial charge in [-0.1, -0.05) is 0 Å². The molecule has 1 aliphatic heterocycles. The highest BCUT2D eigenvalue weighted by molar-refractivity contribution is 5.07. The molecule has 1 aromatic rings. The number of likely N-dealkylation sites (tertiary alicyclic amines) is 1. The molecule has 23 heavy (non-hydrogen) atoms. The monoisotopic (exact) mass is 322 g/mol. The SMILES string of the molecule is CCO[C@@H]1C[C@@H](O)C12CCN(Cc1ncnn1C(C)(C)C)CC2. The molecule has 2 atom stereocenters. The maximum Gasteiger partial charge on any atom is 0.141 e. The van der Waals surface area contributed by atoms with Crippen LogP contribution in [0.1, 0.15) is 52.8 Å². The summed E-state index contributed by atoms with van der Waals surface area (Å²) < 4.78 is 7.85. The van der Waals surface area contributed by atoms with Crippen LogP contribution in [0.3, 0.4) is 0 Å². The van der Waals surface area contributed by atoms with Gasteiger partial charge in [-0.05, 0) is 53.6 Å². The minimum atomic E-state index is -0.195. The van der Waals surface area contributed by atoms with E-state index in [-0.39, 0.29) is 23.2 Å². The van der Waals surface area contributed by atoms with Crippen molar-refractivity contribution in [1.82, 2.24) is 19.7 Å². The molecule has 0 amide bonds. The topological polar surface area (TPSA) is 63.4 Å². The first-order chi connectivity index (χ1) is 10.9. The number of piperidine rings is 1. The zero-order valence-electron chi connectivity index (χ0n) is 14.8. The summed E-state index contributed by atoms with van der Waals surface area (Å²) in [7, 11) is 0. The summed E-state index contributed by atoms with van der Waals surface area (Å²) in [5, 5.41) is 14.7. The molecule has 1 saturated heterocycles. The Balaban J connectivity index is 1.61. The van der Waals surface area contributed by atoms with Crippen molar-refractivity contribution in [3.63, 3.8) is 0 Å². The molecule has 1 aliphatic carbocycles. The van der Waals surface area contributed by atoms with Crippen molar-refractivity contribution in [2.24, 2.45) is 5.41 Å². The maximum atomic E-state index is 10.3. The first-order valence-corrected chi connectivity index (χ1v) is 8.78. The van der Waals surface area contributed by atoms with Crippen LogP contribution < -0.4 is 0 Å². The third-order valence-corrected chi connectivity index (χ3v) is 5.52. The van der Waals surface area contributed by atoms with E-state index in [0.29, 0.717) is 0 Å². The smallest absolute Gasteiger partial charge is 0.141 e. The van der Waals surface area contributed by atoms with Crippen molar-refractivity contribution in [1.29, 1.82) is 0 Å². The number of hydrogen-bond acceptors (Lipinski definition) is 5. The molecule has 1 spiro atoms. The van der Waals surface area contributed by atoms with Gasteiger partial charge in [0, 0.05) is 18.4 Å². The Morgan fingerprint density at radius 3 is 2.61 bits per heavy atom. The van der Waals surface area contributed by atoms with Crippen LogP contribution in [0.15, 0.2) is 6.33 Å². The fourth-order valence-corrected chi connectivity index (χ4v) is 4.08. The third kappa shape index (κ3) is 3.04. The second-order valence-corrected chi connectivity index (χ2v) is 7.96. The average molecular weight is 322 g/mol. The van der Waals surface area contributed by atoms with Crippen molar-refractivity contribution >= 4 is 0 Å². The summed E-state index contributed by atoms with van der Waals surface area (Å²) in [6.45, 7) is 12.0. The van der Waals surface area contributed by atoms with Crippen molar-refractivity contribution in [2.45, 2.75) is 71.2 Å². The second kappa shape index (κ2) is 6.15. The molecule has 2 aliphatic rings. The van der Waals surface area contributed by atoms with Gasteiger partial charge >= 0.3 is 0 Å². The predicted octanol–water partition coefficient (Wildman–Crippen LogP) is 1.78. The number of hydrogen-bond donors (Lipinski definition) is 1. The standard InChI is InChI=1S/C17H30N4O2/c1-5-23-14-10-13(22)17(14)6-8-20(9-7-17)11-15-18-12-19-21(15)16(2,3)4/h12-14,22H,5-11H2,1-4H3/t13-,14-/m1/s1. The van der Waals surface area contributed by atoms with Gasteiger partial charge in [0.1, 0.15) is 12.2 Å². The lowest BCUT2D eigenvalue weighted by molar-refractivity contribution is -0.210. The number of aliphatic hydroxyl groups is 1. The van der Waals surface area contributed by atoms with Gasteiger partial charge in [-0.3, -0.25) is 4.90 Å². The quantitative estimate of drug-likeness (QED) is 0.915. The van der Waals surface area contributed by atoms with Gasteiger partial charge in [-0.2, -0.15) is 5.10 Å². The van der Waals surface area contributed by atoms with Gasteiger partial charge < -0.3 is 9.84 Å². The molecule has 1 saturated carbocycles. The van der Waals surface area contributed by atoms with Gasteiger partial charge in [-0.25, -0.2) is 9.67 Å². The Kier molecular flexibility index (Phi) is 4.51. The lowest BCUT2D eigenvalue weighted by Gasteiger charge is -2.56. The normalized spacial score (nSPS) is 28.0. The largest absolute Gasteiger partial charge is 0.392 e. The van der Waals surface area contributed by atoms with Gasteiger partial charge in [0.25, 0.3) is 0 Å². The van der Waals surface area contributed by atoms with Crippen LogP contribution in [0.4, 0.5) is 0 Å². The molecule has 6 heteroatoms. The molecule has 0 bridgehead atoms. The third-order valence-electron chi connectivity index (χ3n) is 5.52. The Bertz CT molecular complexity index is 527. The lowest BCUT2D eigenvalue weighted by Crippen LogP contribution is -2.62. The van der Waals surface area contributed by atoms with Crippen molar-refractivity contribution in [3.8, 4) is 0 Å². The molecule has 2 heterocycles. The molecular formula is C17H30N4O2. The van der Waals surface area contributed by atoms with E-state index in [0.717, 1.165) is 51.3 Å². The van der Waals surface area contributed by atoms with Gasteiger partial charge in [0.05, 0.1) is 24.3 Å². The average Bonchev–Trinajstić information content (AvgIpc) is 2.96. The van der Waals surface area contributed by atoms with Crippen molar-refractivity contribution < 1.29 is 9.84 Å². The van der Waals surface area contributed by atoms with Crippen LogP contribution in [0.2, 0.25) is 0 Å².